The Hall–Kier alpha value is -2.54. The normalized spacial score (nSPS) is 12.9. The third-order valence-electron chi connectivity index (χ3n) is 0.601. The smallest absolute Gasteiger partial charge is 0.329 e. The summed E-state index contributed by atoms with van der Waals surface area (Å²) in [5.41, 5.74) is 0. The second kappa shape index (κ2) is 3.46. The van der Waals surface area contributed by atoms with Crippen molar-refractivity contribution in [2.24, 2.45) is 0 Å². The van der Waals surface area contributed by atoms with Crippen LogP contribution in [0.15, 0.2) is 0 Å². The zero-order valence-electron chi connectivity index (χ0n) is 6.48. The third-order valence-corrected chi connectivity index (χ3v) is 0.601. The molecule has 11 heteroatoms. The summed E-state index contributed by atoms with van der Waals surface area (Å²) >= 11 is 0. The molecule has 0 radical (unpaired) electrons. The minimum absolute atomic E-state index is 0. The van der Waals surface area contributed by atoms with Crippen molar-refractivity contribution in [3.05, 3.63) is 0 Å². The van der Waals surface area contributed by atoms with E-state index in [0.29, 0.717) is 0 Å². The molecule has 0 saturated carbocycles. The second-order valence-electron chi connectivity index (χ2n) is 1.65. The molecule has 3 nitrogen and oxygen atoms in total. The van der Waals surface area contributed by atoms with Crippen molar-refractivity contribution in [3.63, 3.8) is 0 Å². The van der Waals surface area contributed by atoms with E-state index in [9.17, 15) is 26.3 Å². The van der Waals surface area contributed by atoms with Gasteiger partial charge < -0.3 is 10.2 Å². The van der Waals surface area contributed by atoms with E-state index >= 15 is 0 Å². The zero-order chi connectivity index (χ0) is 10.2. The number of hydrogen-bond donors (Lipinski definition) is 2. The van der Waals surface area contributed by atoms with Crippen LogP contribution in [0.25, 0.3) is 0 Å². The first-order valence-corrected chi connectivity index (χ1v) is 2.24. The van der Waals surface area contributed by atoms with Crippen LogP contribution < -0.4 is 0 Å². The summed E-state index contributed by atoms with van der Waals surface area (Å²) in [4.78, 5) is 0. The minimum atomic E-state index is -5.86. The van der Waals surface area contributed by atoms with Crippen molar-refractivity contribution < 1.29 is 41.3 Å². The van der Waals surface area contributed by atoms with Gasteiger partial charge in [0.05, 0.1) is 0 Å². The van der Waals surface area contributed by atoms with Crippen LogP contribution in [-0.2, 0) is 4.74 Å². The fourth-order valence-corrected chi connectivity index (χ4v) is 0.216. The Morgan fingerprint density at radius 2 is 1.07 bits per heavy atom. The number of aliphatic hydroxyl groups is 2. The number of rotatable bonds is 3. The molecule has 0 aliphatic rings. The quantitative estimate of drug-likeness (QED) is 0.333. The largest absolute Gasteiger partial charge is 0.487 e. The van der Waals surface area contributed by atoms with Crippen LogP contribution >= 0.6 is 0 Å². The molecule has 0 aromatic carbocycles. The summed E-state index contributed by atoms with van der Waals surface area (Å²) in [5, 5.41) is 14.5. The fourth-order valence-electron chi connectivity index (χ4n) is 0.216. The minimum Gasteiger partial charge on any atom is -0.329 e. The molecule has 78 valence electrons. The summed E-state index contributed by atoms with van der Waals surface area (Å²) in [6, 6.07) is 0. The SMILES string of the molecule is OC(F)(F)OC(F)(F)C(O)(F)F.[Rf].[Rf]. The van der Waals surface area contributed by atoms with Crippen LogP contribution in [0.4, 0.5) is 26.3 Å². The van der Waals surface area contributed by atoms with E-state index in [0.717, 1.165) is 0 Å². The predicted octanol–water partition coefficient (Wildman–Crippen LogP) is 0.724. The van der Waals surface area contributed by atoms with Crippen LogP contribution in [0.3, 0.4) is 0 Å². The van der Waals surface area contributed by atoms with E-state index in [1.54, 1.807) is 0 Å². The molecule has 0 rings (SSSR count). The first kappa shape index (κ1) is 17.5. The number of halogens is 6. The van der Waals surface area contributed by atoms with Gasteiger partial charge in [0.2, 0.25) is 0 Å². The molecule has 0 amide bonds. The Balaban J connectivity index is -0.000000605. The van der Waals surface area contributed by atoms with Gasteiger partial charge in [-0.1, -0.05) is 0 Å². The number of ether oxygens (including phenoxy) is 1. The molecule has 14 heavy (non-hydrogen) atoms. The van der Waals surface area contributed by atoms with Crippen LogP contribution in [0.2, 0.25) is 0 Å². The summed E-state index contributed by atoms with van der Waals surface area (Å²) in [6.07, 6.45) is -17.1. The molecule has 0 spiro atoms. The predicted molar refractivity (Wildman–Crippen MR) is 20.4 cm³/mol. The topological polar surface area (TPSA) is 49.7 Å². The molecule has 0 aliphatic carbocycles. The van der Waals surface area contributed by atoms with Crippen molar-refractivity contribution in [3.8, 4) is 0 Å². The van der Waals surface area contributed by atoms with E-state index in [4.69, 9.17) is 10.2 Å². The van der Waals surface area contributed by atoms with Crippen molar-refractivity contribution >= 4 is 0 Å². The maximum atomic E-state index is 11.6. The van der Waals surface area contributed by atoms with Crippen molar-refractivity contribution in [1.29, 1.82) is 0 Å². The van der Waals surface area contributed by atoms with E-state index in [1.165, 1.54) is 0 Å². The molecule has 0 atom stereocenters. The van der Waals surface area contributed by atoms with E-state index in [1.807, 2.05) is 4.74 Å². The molecular weight excluding hydrogens is 732 g/mol. The fraction of sp³-hybridized carbons (Fsp3) is 1.00. The van der Waals surface area contributed by atoms with Crippen molar-refractivity contribution in [1.82, 2.24) is 0 Å². The van der Waals surface area contributed by atoms with E-state index in [2.05, 4.69) is 0 Å². The van der Waals surface area contributed by atoms with Gasteiger partial charge >= 0.3 is 18.5 Å². The van der Waals surface area contributed by atoms with Gasteiger partial charge in [-0.05, 0) is 0 Å². The van der Waals surface area contributed by atoms with Gasteiger partial charge in [-0.2, -0.15) is 17.6 Å². The van der Waals surface area contributed by atoms with Crippen molar-refractivity contribution in [2.45, 2.75) is 18.5 Å². The Morgan fingerprint density at radius 3 is 1.14 bits per heavy atom. The van der Waals surface area contributed by atoms with Gasteiger partial charge in [0.15, 0.2) is 0 Å². The maximum Gasteiger partial charge on any atom is 0.487 e. The van der Waals surface area contributed by atoms with Crippen LogP contribution in [0.1, 0.15) is 0 Å². The number of alkyl halides is 6. The first-order valence-electron chi connectivity index (χ1n) is 2.24. The molecule has 2 N–H and O–H groups in total. The Kier molecular flexibility index (Phi) is 4.32. The Labute approximate surface area is 61.2 Å². The molecule has 0 aromatic heterocycles. The van der Waals surface area contributed by atoms with Crippen LogP contribution in [-0.4, -0.2) is 28.7 Å². The molecule has 0 unspecified atom stereocenters. The molecule has 0 bridgehead atoms. The molecule has 0 heterocycles. The average molecular weight is 734 g/mol. The van der Waals surface area contributed by atoms with Crippen LogP contribution in [0.5, 0.6) is 0 Å². The Bertz CT molecular complexity index is 165. The molecule has 0 saturated heterocycles. The van der Waals surface area contributed by atoms with Gasteiger partial charge in [-0.25, -0.2) is 4.74 Å². The van der Waals surface area contributed by atoms with E-state index < -0.39 is 18.5 Å². The maximum absolute atomic E-state index is 11.6. The summed E-state index contributed by atoms with van der Waals surface area (Å²) in [7, 11) is 0. The standard InChI is InChI=1S/C3H2F6O3.2Rf/c4-1(5,10)2(6,7)12-3(8,9)11;;/h10-11H;;. The number of hydrogen-bond acceptors (Lipinski definition) is 3. The molecular formula is C3H2F6O3Rf2. The summed E-state index contributed by atoms with van der Waals surface area (Å²) < 4.78 is 69.9. The first-order chi connectivity index (χ1) is 4.96. The van der Waals surface area contributed by atoms with Gasteiger partial charge in [0, 0.05) is 0 Å². The zero-order valence-corrected chi connectivity index (χ0v) is 19.3. The van der Waals surface area contributed by atoms with Gasteiger partial charge in [0.1, 0.15) is 0 Å². The van der Waals surface area contributed by atoms with Gasteiger partial charge in [-0.3, -0.25) is 0 Å². The van der Waals surface area contributed by atoms with Crippen molar-refractivity contribution in [2.75, 3.05) is 0 Å². The third kappa shape index (κ3) is 4.36. The summed E-state index contributed by atoms with van der Waals surface area (Å²) in [6.45, 7) is 0. The summed E-state index contributed by atoms with van der Waals surface area (Å²) in [5.74, 6) is 0. The van der Waals surface area contributed by atoms with Gasteiger partial charge in [-0.15, -0.1) is 8.78 Å². The molecule has 0 fully saturated rings. The van der Waals surface area contributed by atoms with E-state index in [-0.39, 0.29) is 0 Å². The Morgan fingerprint density at radius 1 is 0.786 bits per heavy atom. The van der Waals surface area contributed by atoms with Gasteiger partial charge in [0.25, 0.3) is 0 Å². The average Bonchev–Trinajstić information content (AvgIpc) is 1.52. The van der Waals surface area contributed by atoms with Crippen LogP contribution in [0, 0.1) is 0 Å². The molecule has 0 aliphatic heterocycles. The second-order valence-corrected chi connectivity index (χ2v) is 1.65. The molecule has 0 aromatic rings. The monoisotopic (exact) mass is 734 g/mol.